The van der Waals surface area contributed by atoms with E-state index >= 15 is 0 Å². The van der Waals surface area contributed by atoms with E-state index < -0.39 is 0 Å². The second-order valence-corrected chi connectivity index (χ2v) is 7.19. The summed E-state index contributed by atoms with van der Waals surface area (Å²) in [7, 11) is 0. The molecule has 0 aliphatic carbocycles. The molecule has 0 aliphatic rings. The van der Waals surface area contributed by atoms with Gasteiger partial charge in [-0.05, 0) is 24.5 Å². The highest BCUT2D eigenvalue weighted by molar-refractivity contribution is 5.07. The summed E-state index contributed by atoms with van der Waals surface area (Å²) in [5.41, 5.74) is 1.26. The molecular formula is C22H39N. The summed E-state index contributed by atoms with van der Waals surface area (Å²) in [6.45, 7) is 4.60. The van der Waals surface area contributed by atoms with Gasteiger partial charge in [0, 0.05) is 11.9 Å². The predicted molar refractivity (Wildman–Crippen MR) is 103 cm³/mol. The van der Waals surface area contributed by atoms with Crippen molar-refractivity contribution >= 4 is 0 Å². The van der Waals surface area contributed by atoms with Crippen molar-refractivity contribution in [1.82, 2.24) is 4.98 Å². The highest BCUT2D eigenvalue weighted by atomic mass is 14.7. The molecule has 0 aromatic carbocycles. The van der Waals surface area contributed by atoms with Crippen molar-refractivity contribution in [2.45, 2.75) is 110 Å². The number of unbranched alkanes of at least 4 members (excludes halogenated alkanes) is 12. The number of nitrogens with zero attached hydrogens (tertiary/aromatic N) is 1. The summed E-state index contributed by atoms with van der Waals surface area (Å²) >= 11 is 0. The Kier molecular flexibility index (Phi) is 12.9. The van der Waals surface area contributed by atoms with Crippen molar-refractivity contribution in [3.05, 3.63) is 30.1 Å². The molecule has 1 unspecified atom stereocenters. The second-order valence-electron chi connectivity index (χ2n) is 7.19. The summed E-state index contributed by atoms with van der Waals surface area (Å²) in [4.78, 5) is 4.46. The molecule has 0 saturated heterocycles. The number of hydrogen-bond donors (Lipinski definition) is 0. The summed E-state index contributed by atoms with van der Waals surface area (Å²) in [5.74, 6) is 0.615. The smallest absolute Gasteiger partial charge is 0.0431 e. The van der Waals surface area contributed by atoms with E-state index in [1.54, 1.807) is 0 Å². The first-order chi connectivity index (χ1) is 11.3. The van der Waals surface area contributed by atoms with Gasteiger partial charge < -0.3 is 0 Å². The number of aromatic nitrogens is 1. The summed E-state index contributed by atoms with van der Waals surface area (Å²) in [6.07, 6.45) is 21.8. The van der Waals surface area contributed by atoms with Gasteiger partial charge in [-0.2, -0.15) is 0 Å². The third kappa shape index (κ3) is 11.3. The first-order valence-corrected chi connectivity index (χ1v) is 10.3. The molecule has 1 aromatic heterocycles. The van der Waals surface area contributed by atoms with Crippen molar-refractivity contribution in [2.75, 3.05) is 0 Å². The predicted octanol–water partition coefficient (Wildman–Crippen LogP) is 7.67. The first kappa shape index (κ1) is 20.2. The van der Waals surface area contributed by atoms with Gasteiger partial charge in [0.1, 0.15) is 0 Å². The zero-order valence-corrected chi connectivity index (χ0v) is 15.7. The topological polar surface area (TPSA) is 12.9 Å². The average Bonchev–Trinajstić information content (AvgIpc) is 2.59. The van der Waals surface area contributed by atoms with E-state index in [9.17, 15) is 0 Å². The molecule has 0 N–H and O–H groups in total. The maximum Gasteiger partial charge on any atom is 0.0431 e. The van der Waals surface area contributed by atoms with Crippen molar-refractivity contribution in [3.8, 4) is 0 Å². The first-order valence-electron chi connectivity index (χ1n) is 10.3. The fraction of sp³-hybridized carbons (Fsp3) is 0.773. The minimum Gasteiger partial charge on any atom is -0.261 e. The minimum absolute atomic E-state index is 0.615. The lowest BCUT2D eigenvalue weighted by Gasteiger charge is -2.10. The van der Waals surface area contributed by atoms with Crippen LogP contribution in [0.1, 0.15) is 115 Å². The molecule has 0 saturated carbocycles. The van der Waals surface area contributed by atoms with E-state index in [2.05, 4.69) is 31.0 Å². The molecule has 1 heterocycles. The zero-order valence-electron chi connectivity index (χ0n) is 15.7. The second kappa shape index (κ2) is 14.7. The lowest BCUT2D eigenvalue weighted by Crippen LogP contribution is -1.96. The van der Waals surface area contributed by atoms with Gasteiger partial charge in [0.05, 0.1) is 0 Å². The Balaban J connectivity index is 1.81. The highest BCUT2D eigenvalue weighted by Crippen LogP contribution is 2.20. The van der Waals surface area contributed by atoms with Crippen molar-refractivity contribution < 1.29 is 0 Å². The lowest BCUT2D eigenvalue weighted by atomic mass is 9.98. The summed E-state index contributed by atoms with van der Waals surface area (Å²) < 4.78 is 0. The van der Waals surface area contributed by atoms with Gasteiger partial charge in [-0.1, -0.05) is 103 Å². The van der Waals surface area contributed by atoms with Crippen LogP contribution in [0.5, 0.6) is 0 Å². The summed E-state index contributed by atoms with van der Waals surface area (Å²) in [6, 6.07) is 6.26. The molecule has 1 nitrogen and oxygen atoms in total. The SMILES string of the molecule is CCCCCCCCCCCCCCCC(C)c1ccccn1. The largest absolute Gasteiger partial charge is 0.261 e. The molecule has 1 atom stereocenters. The molecule has 1 aromatic rings. The molecular weight excluding hydrogens is 278 g/mol. The van der Waals surface area contributed by atoms with Crippen LogP contribution in [0.15, 0.2) is 24.4 Å². The van der Waals surface area contributed by atoms with Crippen molar-refractivity contribution in [1.29, 1.82) is 0 Å². The standard InChI is InChI=1S/C22H39N/c1-3-4-5-6-7-8-9-10-11-12-13-14-15-18-21(2)22-19-16-17-20-23-22/h16-17,19-21H,3-15,18H2,1-2H3. The summed E-state index contributed by atoms with van der Waals surface area (Å²) in [5, 5.41) is 0. The third-order valence-electron chi connectivity index (χ3n) is 4.93. The molecule has 0 fully saturated rings. The van der Waals surface area contributed by atoms with E-state index in [1.165, 1.54) is 95.6 Å². The van der Waals surface area contributed by atoms with Gasteiger partial charge in [0.2, 0.25) is 0 Å². The third-order valence-corrected chi connectivity index (χ3v) is 4.93. The molecule has 0 radical (unpaired) electrons. The molecule has 0 amide bonds. The van der Waals surface area contributed by atoms with Crippen molar-refractivity contribution in [2.24, 2.45) is 0 Å². The minimum atomic E-state index is 0.615. The van der Waals surface area contributed by atoms with E-state index in [0.717, 1.165) is 0 Å². The Morgan fingerprint density at radius 2 is 1.26 bits per heavy atom. The average molecular weight is 318 g/mol. The molecule has 23 heavy (non-hydrogen) atoms. The number of rotatable bonds is 15. The van der Waals surface area contributed by atoms with Gasteiger partial charge in [-0.15, -0.1) is 0 Å². The molecule has 0 spiro atoms. The monoisotopic (exact) mass is 317 g/mol. The fourth-order valence-corrected chi connectivity index (χ4v) is 3.28. The van der Waals surface area contributed by atoms with Crippen LogP contribution in [-0.4, -0.2) is 4.98 Å². The van der Waals surface area contributed by atoms with Gasteiger partial charge >= 0.3 is 0 Å². The maximum absolute atomic E-state index is 4.46. The van der Waals surface area contributed by atoms with Crippen LogP contribution in [0.25, 0.3) is 0 Å². The van der Waals surface area contributed by atoms with E-state index in [1.807, 2.05) is 12.3 Å². The van der Waals surface area contributed by atoms with Gasteiger partial charge in [0.25, 0.3) is 0 Å². The molecule has 132 valence electrons. The molecule has 0 bridgehead atoms. The van der Waals surface area contributed by atoms with Crippen LogP contribution in [0.2, 0.25) is 0 Å². The Morgan fingerprint density at radius 3 is 1.74 bits per heavy atom. The van der Waals surface area contributed by atoms with Crippen molar-refractivity contribution in [3.63, 3.8) is 0 Å². The zero-order chi connectivity index (χ0) is 16.6. The van der Waals surface area contributed by atoms with Crippen LogP contribution < -0.4 is 0 Å². The Hall–Kier alpha value is -0.850. The molecule has 1 heteroatoms. The normalized spacial score (nSPS) is 12.4. The van der Waals surface area contributed by atoms with Crippen LogP contribution in [0.3, 0.4) is 0 Å². The van der Waals surface area contributed by atoms with Crippen LogP contribution >= 0.6 is 0 Å². The Labute approximate surface area is 145 Å². The van der Waals surface area contributed by atoms with Gasteiger partial charge in [-0.25, -0.2) is 0 Å². The molecule has 0 aliphatic heterocycles. The quantitative estimate of drug-likeness (QED) is 0.302. The van der Waals surface area contributed by atoms with Crippen LogP contribution in [0.4, 0.5) is 0 Å². The number of hydrogen-bond acceptors (Lipinski definition) is 1. The lowest BCUT2D eigenvalue weighted by molar-refractivity contribution is 0.524. The fourth-order valence-electron chi connectivity index (χ4n) is 3.28. The number of pyridine rings is 1. The van der Waals surface area contributed by atoms with Crippen LogP contribution in [0, 0.1) is 0 Å². The van der Waals surface area contributed by atoms with E-state index in [0.29, 0.717) is 5.92 Å². The Morgan fingerprint density at radius 1 is 0.739 bits per heavy atom. The van der Waals surface area contributed by atoms with E-state index in [-0.39, 0.29) is 0 Å². The molecule has 1 rings (SSSR count). The van der Waals surface area contributed by atoms with E-state index in [4.69, 9.17) is 0 Å². The highest BCUT2D eigenvalue weighted by Gasteiger charge is 2.05. The van der Waals surface area contributed by atoms with Crippen LogP contribution in [-0.2, 0) is 0 Å². The maximum atomic E-state index is 4.46. The Bertz CT molecular complexity index is 346. The van der Waals surface area contributed by atoms with Gasteiger partial charge in [-0.3, -0.25) is 4.98 Å². The van der Waals surface area contributed by atoms with Gasteiger partial charge in [0.15, 0.2) is 0 Å².